The van der Waals surface area contributed by atoms with Crippen molar-refractivity contribution in [3.8, 4) is 0 Å². The van der Waals surface area contributed by atoms with Gasteiger partial charge in [0.1, 0.15) is 0 Å². The lowest BCUT2D eigenvalue weighted by atomic mass is 10.1. The van der Waals surface area contributed by atoms with E-state index in [1.54, 1.807) is 12.4 Å². The number of piperazine rings is 1. The molecule has 4 rings (SSSR count). The van der Waals surface area contributed by atoms with E-state index < -0.39 is 0 Å². The summed E-state index contributed by atoms with van der Waals surface area (Å²) >= 11 is 0. The van der Waals surface area contributed by atoms with Crippen LogP contribution in [0.15, 0.2) is 78.1 Å². The maximum Gasteiger partial charge on any atom is 0.255 e. The van der Waals surface area contributed by atoms with Crippen LogP contribution in [0.3, 0.4) is 0 Å². The third-order valence-electron chi connectivity index (χ3n) is 6.56. The van der Waals surface area contributed by atoms with E-state index in [2.05, 4.69) is 49.2 Å². The van der Waals surface area contributed by atoms with Gasteiger partial charge < -0.3 is 15.5 Å². The Hall–Kier alpha value is -4.14. The SMILES string of the molecule is C=N/C=C\C=C(/C)c1ccnc(Nc2cc(NC(=O)c3ccc(CN4CCN(C)CC4)cc3)ccc2C)n1. The van der Waals surface area contributed by atoms with Crippen molar-refractivity contribution in [1.82, 2.24) is 19.8 Å². The van der Waals surface area contributed by atoms with Crippen LogP contribution in [0.25, 0.3) is 5.57 Å². The van der Waals surface area contributed by atoms with Gasteiger partial charge in [-0.25, -0.2) is 9.97 Å². The summed E-state index contributed by atoms with van der Waals surface area (Å²) < 4.78 is 0. The summed E-state index contributed by atoms with van der Waals surface area (Å²) in [5.41, 5.74) is 6.14. The Balaban J connectivity index is 1.40. The number of aliphatic imine (C=N–C) groups is 1. The molecule has 196 valence electrons. The van der Waals surface area contributed by atoms with Crippen molar-refractivity contribution in [2.45, 2.75) is 20.4 Å². The zero-order valence-electron chi connectivity index (χ0n) is 22.3. The highest BCUT2D eigenvalue weighted by molar-refractivity contribution is 6.04. The molecule has 1 aromatic heterocycles. The number of nitrogens with zero attached hydrogens (tertiary/aromatic N) is 5. The van der Waals surface area contributed by atoms with Crippen molar-refractivity contribution in [2.24, 2.45) is 4.99 Å². The topological polar surface area (TPSA) is 85.7 Å². The molecule has 0 bridgehead atoms. The van der Waals surface area contributed by atoms with Crippen molar-refractivity contribution >= 4 is 35.5 Å². The third kappa shape index (κ3) is 7.44. The number of carbonyl (C=O) groups excluding carboxylic acids is 1. The highest BCUT2D eigenvalue weighted by Gasteiger charge is 2.14. The van der Waals surface area contributed by atoms with Gasteiger partial charge in [0.05, 0.1) is 5.69 Å². The molecule has 2 heterocycles. The molecule has 8 heteroatoms. The van der Waals surface area contributed by atoms with Crippen LogP contribution in [0, 0.1) is 6.92 Å². The first-order valence-electron chi connectivity index (χ1n) is 12.7. The molecule has 0 radical (unpaired) electrons. The molecule has 0 spiro atoms. The standard InChI is InChI=1S/C30H35N7O/c1-22(6-5-14-31-3)27-13-15-32-30(34-27)35-28-20-26(12-7-23(28)2)33-29(38)25-10-8-24(9-11-25)21-37-18-16-36(4)17-19-37/h5-15,20H,3,16-19,21H2,1-2,4H3,(H,33,38)(H,32,34,35)/b14-5-,22-6+. The third-order valence-corrected chi connectivity index (χ3v) is 6.56. The first-order valence-corrected chi connectivity index (χ1v) is 12.7. The molecule has 2 aromatic carbocycles. The van der Waals surface area contributed by atoms with Gasteiger partial charge >= 0.3 is 0 Å². The smallest absolute Gasteiger partial charge is 0.255 e. The first kappa shape index (κ1) is 26.9. The van der Waals surface area contributed by atoms with Crippen molar-refractivity contribution < 1.29 is 4.79 Å². The van der Waals surface area contributed by atoms with Crippen LogP contribution in [0.5, 0.6) is 0 Å². The molecule has 8 nitrogen and oxygen atoms in total. The van der Waals surface area contributed by atoms with E-state index in [9.17, 15) is 4.79 Å². The van der Waals surface area contributed by atoms with Crippen LogP contribution in [-0.2, 0) is 6.54 Å². The second-order valence-electron chi connectivity index (χ2n) is 9.52. The number of carbonyl (C=O) groups is 1. The predicted octanol–water partition coefficient (Wildman–Crippen LogP) is 5.15. The fourth-order valence-electron chi connectivity index (χ4n) is 4.16. The van der Waals surface area contributed by atoms with E-state index in [4.69, 9.17) is 0 Å². The van der Waals surface area contributed by atoms with E-state index in [-0.39, 0.29) is 5.91 Å². The number of aromatic nitrogens is 2. The molecule has 1 aliphatic heterocycles. The van der Waals surface area contributed by atoms with Gasteiger partial charge in [-0.15, -0.1) is 0 Å². The Morgan fingerprint density at radius 2 is 1.87 bits per heavy atom. The Kier molecular flexibility index (Phi) is 9.13. The van der Waals surface area contributed by atoms with Gasteiger partial charge in [0, 0.05) is 62.1 Å². The zero-order chi connectivity index (χ0) is 26.9. The minimum Gasteiger partial charge on any atom is -0.324 e. The van der Waals surface area contributed by atoms with Crippen LogP contribution in [0.4, 0.5) is 17.3 Å². The normalized spacial score (nSPS) is 15.0. The van der Waals surface area contributed by atoms with Gasteiger partial charge in [0.25, 0.3) is 5.91 Å². The van der Waals surface area contributed by atoms with Gasteiger partial charge in [-0.3, -0.25) is 14.7 Å². The lowest BCUT2D eigenvalue weighted by Crippen LogP contribution is -2.43. The molecule has 2 N–H and O–H groups in total. The van der Waals surface area contributed by atoms with E-state index in [0.29, 0.717) is 17.2 Å². The van der Waals surface area contributed by atoms with Crippen LogP contribution in [-0.4, -0.2) is 65.6 Å². The Bertz CT molecular complexity index is 1320. The van der Waals surface area contributed by atoms with Crippen molar-refractivity contribution in [2.75, 3.05) is 43.9 Å². The zero-order valence-corrected chi connectivity index (χ0v) is 22.3. The molecule has 1 aliphatic rings. The fraction of sp³-hybridized carbons (Fsp3) is 0.267. The number of allylic oxidation sites excluding steroid dienone is 3. The van der Waals surface area contributed by atoms with Crippen LogP contribution in [0.2, 0.25) is 0 Å². The second-order valence-corrected chi connectivity index (χ2v) is 9.52. The highest BCUT2D eigenvalue weighted by atomic mass is 16.1. The van der Waals surface area contributed by atoms with Crippen LogP contribution >= 0.6 is 0 Å². The molecule has 0 unspecified atom stereocenters. The van der Waals surface area contributed by atoms with E-state index in [1.807, 2.05) is 74.5 Å². The van der Waals surface area contributed by atoms with E-state index in [0.717, 1.165) is 55.2 Å². The average molecular weight is 510 g/mol. The summed E-state index contributed by atoms with van der Waals surface area (Å²) in [6.07, 6.45) is 7.07. The maximum atomic E-state index is 12.9. The quantitative estimate of drug-likeness (QED) is 0.307. The molecular formula is C30H35N7O. The van der Waals surface area contributed by atoms with Crippen molar-refractivity contribution in [3.63, 3.8) is 0 Å². The number of likely N-dealkylation sites (N-methyl/N-ethyl adjacent to an activating group) is 1. The van der Waals surface area contributed by atoms with Crippen LogP contribution < -0.4 is 10.6 Å². The van der Waals surface area contributed by atoms with Gasteiger partial charge in [0.2, 0.25) is 5.95 Å². The average Bonchev–Trinajstić information content (AvgIpc) is 2.92. The summed E-state index contributed by atoms with van der Waals surface area (Å²) in [4.78, 5) is 30.4. The Labute approximate surface area is 224 Å². The lowest BCUT2D eigenvalue weighted by Gasteiger charge is -2.32. The predicted molar refractivity (Wildman–Crippen MR) is 156 cm³/mol. The molecule has 3 aromatic rings. The molecule has 38 heavy (non-hydrogen) atoms. The van der Waals surface area contributed by atoms with Gasteiger partial charge in [-0.2, -0.15) is 0 Å². The molecule has 1 amide bonds. The van der Waals surface area contributed by atoms with Crippen LogP contribution in [0.1, 0.15) is 34.1 Å². The molecule has 1 fully saturated rings. The van der Waals surface area contributed by atoms with Crippen molar-refractivity contribution in [3.05, 3.63) is 95.5 Å². The van der Waals surface area contributed by atoms with Gasteiger partial charge in [-0.1, -0.05) is 24.3 Å². The number of aryl methyl sites for hydroxylation is 1. The first-order chi connectivity index (χ1) is 18.4. The highest BCUT2D eigenvalue weighted by Crippen LogP contribution is 2.24. The summed E-state index contributed by atoms with van der Waals surface area (Å²) in [5, 5.41) is 6.29. The van der Waals surface area contributed by atoms with Crippen molar-refractivity contribution in [1.29, 1.82) is 0 Å². The second kappa shape index (κ2) is 12.9. The summed E-state index contributed by atoms with van der Waals surface area (Å²) in [6, 6.07) is 15.5. The van der Waals surface area contributed by atoms with Gasteiger partial charge in [0.15, 0.2) is 0 Å². The molecular weight excluding hydrogens is 474 g/mol. The number of anilines is 3. The van der Waals surface area contributed by atoms with E-state index in [1.165, 1.54) is 5.56 Å². The molecule has 0 aliphatic carbocycles. The minimum absolute atomic E-state index is 0.146. The number of amides is 1. The Morgan fingerprint density at radius 1 is 1.11 bits per heavy atom. The van der Waals surface area contributed by atoms with Gasteiger partial charge in [-0.05, 0) is 80.7 Å². The molecule has 0 atom stereocenters. The largest absolute Gasteiger partial charge is 0.324 e. The number of nitrogens with one attached hydrogen (secondary N) is 2. The summed E-state index contributed by atoms with van der Waals surface area (Å²) in [5.74, 6) is 0.329. The Morgan fingerprint density at radius 3 is 2.61 bits per heavy atom. The monoisotopic (exact) mass is 509 g/mol. The number of hydrogen-bond donors (Lipinski definition) is 2. The maximum absolute atomic E-state index is 12.9. The molecule has 1 saturated heterocycles. The minimum atomic E-state index is -0.146. The number of benzene rings is 2. The summed E-state index contributed by atoms with van der Waals surface area (Å²) in [7, 11) is 2.16. The summed E-state index contributed by atoms with van der Waals surface area (Å²) in [6.45, 7) is 12.6. The fourth-order valence-corrected chi connectivity index (χ4v) is 4.16. The van der Waals surface area contributed by atoms with E-state index >= 15 is 0 Å². The number of rotatable bonds is 9. The number of hydrogen-bond acceptors (Lipinski definition) is 7. The lowest BCUT2D eigenvalue weighted by molar-refractivity contribution is 0.102. The molecule has 0 saturated carbocycles.